The van der Waals surface area contributed by atoms with Crippen LogP contribution in [0.3, 0.4) is 0 Å². The maximum absolute atomic E-state index is 11.1. The standard InChI is InChI=1S/C14H12N2O3S2/c1-19-9-2-3-10-11(6-9)16-14(15-10)21-7-8-4-5-20-12(8)13(17)18/h2-6H,7H2,1H3,(H,15,16)(H,17,18). The van der Waals surface area contributed by atoms with Crippen molar-refractivity contribution in [2.24, 2.45) is 0 Å². The third-order valence-corrected chi connectivity index (χ3v) is 4.84. The maximum Gasteiger partial charge on any atom is 0.346 e. The number of ether oxygens (including phenoxy) is 1. The number of nitrogens with zero attached hydrogens (tertiary/aromatic N) is 1. The number of methoxy groups -OCH3 is 1. The number of aromatic amines is 1. The molecule has 2 aromatic heterocycles. The van der Waals surface area contributed by atoms with Gasteiger partial charge in [-0.05, 0) is 29.1 Å². The van der Waals surface area contributed by atoms with E-state index >= 15 is 0 Å². The topological polar surface area (TPSA) is 75.2 Å². The number of hydrogen-bond acceptors (Lipinski definition) is 5. The first-order valence-corrected chi connectivity index (χ1v) is 8.00. The number of thioether (sulfide) groups is 1. The summed E-state index contributed by atoms with van der Waals surface area (Å²) in [5.74, 6) is 0.464. The predicted molar refractivity (Wildman–Crippen MR) is 83.5 cm³/mol. The zero-order valence-electron chi connectivity index (χ0n) is 11.1. The van der Waals surface area contributed by atoms with Crippen LogP contribution in [0.2, 0.25) is 0 Å². The molecule has 0 saturated carbocycles. The highest BCUT2D eigenvalue weighted by Crippen LogP contribution is 2.28. The average molecular weight is 320 g/mol. The molecule has 5 nitrogen and oxygen atoms in total. The van der Waals surface area contributed by atoms with Gasteiger partial charge >= 0.3 is 5.97 Å². The Labute approximate surface area is 129 Å². The van der Waals surface area contributed by atoms with Crippen molar-refractivity contribution >= 4 is 40.1 Å². The molecule has 3 aromatic rings. The van der Waals surface area contributed by atoms with Gasteiger partial charge in [0.05, 0.1) is 18.1 Å². The summed E-state index contributed by atoms with van der Waals surface area (Å²) in [4.78, 5) is 19.1. The predicted octanol–water partition coefficient (Wildman–Crippen LogP) is 3.62. The van der Waals surface area contributed by atoms with E-state index in [1.54, 1.807) is 12.5 Å². The van der Waals surface area contributed by atoms with Crippen LogP contribution in [-0.2, 0) is 5.75 Å². The summed E-state index contributed by atoms with van der Waals surface area (Å²) in [5.41, 5.74) is 2.58. The highest BCUT2D eigenvalue weighted by molar-refractivity contribution is 7.98. The van der Waals surface area contributed by atoms with Gasteiger partial charge in [-0.2, -0.15) is 0 Å². The largest absolute Gasteiger partial charge is 0.497 e. The molecule has 21 heavy (non-hydrogen) atoms. The van der Waals surface area contributed by atoms with Gasteiger partial charge in [0, 0.05) is 11.8 Å². The molecule has 2 heterocycles. The lowest BCUT2D eigenvalue weighted by Gasteiger charge is -1.98. The number of hydrogen-bond donors (Lipinski definition) is 2. The lowest BCUT2D eigenvalue weighted by atomic mass is 10.3. The number of thiophene rings is 1. The van der Waals surface area contributed by atoms with E-state index in [-0.39, 0.29) is 0 Å². The minimum atomic E-state index is -0.880. The van der Waals surface area contributed by atoms with Gasteiger partial charge in [0.15, 0.2) is 5.16 Å². The Morgan fingerprint density at radius 2 is 2.33 bits per heavy atom. The van der Waals surface area contributed by atoms with Gasteiger partial charge < -0.3 is 14.8 Å². The molecule has 0 aliphatic carbocycles. The van der Waals surface area contributed by atoms with Crippen molar-refractivity contribution in [3.05, 3.63) is 40.1 Å². The lowest BCUT2D eigenvalue weighted by molar-refractivity contribution is 0.0701. The van der Waals surface area contributed by atoms with Gasteiger partial charge in [-0.3, -0.25) is 0 Å². The molecule has 0 spiro atoms. The highest BCUT2D eigenvalue weighted by atomic mass is 32.2. The zero-order valence-corrected chi connectivity index (χ0v) is 12.8. The molecule has 2 N–H and O–H groups in total. The number of aromatic carboxylic acids is 1. The molecular formula is C14H12N2O3S2. The fourth-order valence-electron chi connectivity index (χ4n) is 1.94. The van der Waals surface area contributed by atoms with E-state index in [1.807, 2.05) is 24.3 Å². The monoisotopic (exact) mass is 320 g/mol. The van der Waals surface area contributed by atoms with E-state index in [2.05, 4.69) is 9.97 Å². The molecule has 0 unspecified atom stereocenters. The number of nitrogens with one attached hydrogen (secondary N) is 1. The van der Waals surface area contributed by atoms with E-state index in [4.69, 9.17) is 9.84 Å². The molecule has 0 aliphatic rings. The number of fused-ring (bicyclic) bond motifs is 1. The molecule has 0 aliphatic heterocycles. The van der Waals surface area contributed by atoms with Crippen LogP contribution in [0.15, 0.2) is 34.8 Å². The minimum absolute atomic E-state index is 0.389. The smallest absolute Gasteiger partial charge is 0.346 e. The summed E-state index contributed by atoms with van der Waals surface area (Å²) in [6.45, 7) is 0. The summed E-state index contributed by atoms with van der Waals surface area (Å²) in [6, 6.07) is 7.48. The molecule has 0 radical (unpaired) electrons. The number of rotatable bonds is 5. The van der Waals surface area contributed by atoms with E-state index in [9.17, 15) is 4.79 Å². The summed E-state index contributed by atoms with van der Waals surface area (Å²) in [6.07, 6.45) is 0. The number of aromatic nitrogens is 2. The van der Waals surface area contributed by atoms with E-state index in [1.165, 1.54) is 23.1 Å². The molecule has 1 aromatic carbocycles. The first-order valence-electron chi connectivity index (χ1n) is 6.13. The van der Waals surface area contributed by atoms with Crippen molar-refractivity contribution in [1.29, 1.82) is 0 Å². The van der Waals surface area contributed by atoms with E-state index in [0.717, 1.165) is 27.5 Å². The van der Waals surface area contributed by atoms with E-state index in [0.29, 0.717) is 10.6 Å². The zero-order chi connectivity index (χ0) is 14.8. The summed E-state index contributed by atoms with van der Waals surface area (Å²) < 4.78 is 5.17. The Bertz CT molecular complexity index is 794. The molecule has 0 amide bonds. The average Bonchev–Trinajstić information content (AvgIpc) is 3.10. The number of H-pyrrole nitrogens is 1. The van der Waals surface area contributed by atoms with Crippen molar-refractivity contribution in [2.75, 3.05) is 7.11 Å². The van der Waals surface area contributed by atoms with Crippen LogP contribution in [0.25, 0.3) is 11.0 Å². The number of carbonyl (C=O) groups is 1. The van der Waals surface area contributed by atoms with Crippen LogP contribution < -0.4 is 4.74 Å². The number of imidazole rings is 1. The Hall–Kier alpha value is -1.99. The second kappa shape index (κ2) is 5.79. The molecular weight excluding hydrogens is 308 g/mol. The fraction of sp³-hybridized carbons (Fsp3) is 0.143. The maximum atomic E-state index is 11.1. The third-order valence-electron chi connectivity index (χ3n) is 2.97. The molecule has 3 rings (SSSR count). The highest BCUT2D eigenvalue weighted by Gasteiger charge is 2.12. The fourth-order valence-corrected chi connectivity index (χ4v) is 3.67. The van der Waals surface area contributed by atoms with Crippen molar-refractivity contribution in [3.8, 4) is 5.75 Å². The van der Waals surface area contributed by atoms with Gasteiger partial charge in [-0.25, -0.2) is 9.78 Å². The SMILES string of the molecule is COc1ccc2nc(SCc3ccsc3C(=O)O)[nH]c2c1. The van der Waals surface area contributed by atoms with Crippen LogP contribution in [-0.4, -0.2) is 28.2 Å². The van der Waals surface area contributed by atoms with Crippen LogP contribution in [0, 0.1) is 0 Å². The Kier molecular flexibility index (Phi) is 3.85. The third kappa shape index (κ3) is 2.88. The lowest BCUT2D eigenvalue weighted by Crippen LogP contribution is -1.96. The summed E-state index contributed by atoms with van der Waals surface area (Å²) in [5, 5.41) is 11.6. The first-order chi connectivity index (χ1) is 10.2. The van der Waals surface area contributed by atoms with E-state index < -0.39 is 5.97 Å². The number of carboxylic acids is 1. The Balaban J connectivity index is 1.79. The summed E-state index contributed by atoms with van der Waals surface area (Å²) in [7, 11) is 1.62. The van der Waals surface area contributed by atoms with Gasteiger partial charge in [0.1, 0.15) is 10.6 Å². The second-order valence-electron chi connectivity index (χ2n) is 4.29. The van der Waals surface area contributed by atoms with Crippen molar-refractivity contribution in [3.63, 3.8) is 0 Å². The van der Waals surface area contributed by atoms with Crippen LogP contribution >= 0.6 is 23.1 Å². The van der Waals surface area contributed by atoms with Gasteiger partial charge in [0.2, 0.25) is 0 Å². The van der Waals surface area contributed by atoms with Gasteiger partial charge in [-0.15, -0.1) is 11.3 Å². The van der Waals surface area contributed by atoms with Crippen molar-refractivity contribution in [2.45, 2.75) is 10.9 Å². The minimum Gasteiger partial charge on any atom is -0.497 e. The number of carboxylic acid groups (broad SMARTS) is 1. The Morgan fingerprint density at radius 3 is 3.10 bits per heavy atom. The normalized spacial score (nSPS) is 10.9. The molecule has 0 bridgehead atoms. The van der Waals surface area contributed by atoms with Crippen molar-refractivity contribution < 1.29 is 14.6 Å². The first kappa shape index (κ1) is 14.0. The van der Waals surface area contributed by atoms with Crippen LogP contribution in [0.1, 0.15) is 15.2 Å². The Morgan fingerprint density at radius 1 is 1.48 bits per heavy atom. The van der Waals surface area contributed by atoms with Gasteiger partial charge in [-0.1, -0.05) is 11.8 Å². The molecule has 0 fully saturated rings. The second-order valence-corrected chi connectivity index (χ2v) is 6.17. The molecule has 7 heteroatoms. The molecule has 0 saturated heterocycles. The quantitative estimate of drug-likeness (QED) is 0.702. The number of benzene rings is 1. The van der Waals surface area contributed by atoms with Crippen LogP contribution in [0.5, 0.6) is 5.75 Å². The van der Waals surface area contributed by atoms with Gasteiger partial charge in [0.25, 0.3) is 0 Å². The molecule has 0 atom stereocenters. The van der Waals surface area contributed by atoms with Crippen molar-refractivity contribution in [1.82, 2.24) is 9.97 Å². The van der Waals surface area contributed by atoms with Crippen LogP contribution in [0.4, 0.5) is 0 Å². The molecule has 108 valence electrons. The summed E-state index contributed by atoms with van der Waals surface area (Å²) >= 11 is 2.73.